The van der Waals surface area contributed by atoms with Gasteiger partial charge in [-0.25, -0.2) is 0 Å². The quantitative estimate of drug-likeness (QED) is 0.684. The number of hydrogen-bond donors (Lipinski definition) is 1. The van der Waals surface area contributed by atoms with E-state index in [1.807, 2.05) is 48.5 Å². The summed E-state index contributed by atoms with van der Waals surface area (Å²) >= 11 is 0. The van der Waals surface area contributed by atoms with Gasteiger partial charge in [-0.05, 0) is 36.4 Å². The van der Waals surface area contributed by atoms with Crippen molar-refractivity contribution >= 4 is 5.69 Å². The van der Waals surface area contributed by atoms with Crippen LogP contribution in [0.25, 0.3) is 11.5 Å². The number of hydrogen-bond acceptors (Lipinski definition) is 7. The van der Waals surface area contributed by atoms with Gasteiger partial charge in [0.1, 0.15) is 17.6 Å². The van der Waals surface area contributed by atoms with E-state index in [1.165, 1.54) is 0 Å². The molecule has 0 bridgehead atoms. The van der Waals surface area contributed by atoms with E-state index in [0.29, 0.717) is 24.9 Å². The lowest BCUT2D eigenvalue weighted by Crippen LogP contribution is -2.16. The molecule has 27 heavy (non-hydrogen) atoms. The van der Waals surface area contributed by atoms with Crippen LogP contribution in [-0.2, 0) is 11.3 Å². The molecule has 1 N–H and O–H groups in total. The third-order valence-electron chi connectivity index (χ3n) is 4.31. The standard InChI is InChI=1S/C20H21N3O4/c1-24-15-8-6-14(7-9-15)20-22-19(23-27-20)12-21-17-4-2-3-5-18(17)26-16-10-11-25-13-16/h2-9,16,21H,10-13H2,1H3. The number of ether oxygens (including phenoxy) is 3. The lowest BCUT2D eigenvalue weighted by molar-refractivity contribution is 0.142. The molecule has 3 aromatic rings. The predicted molar refractivity (Wildman–Crippen MR) is 99.9 cm³/mol. The van der Waals surface area contributed by atoms with Gasteiger partial charge in [-0.2, -0.15) is 4.98 Å². The van der Waals surface area contributed by atoms with Gasteiger partial charge in [-0.1, -0.05) is 17.3 Å². The molecular formula is C20H21N3O4. The Kier molecular flexibility index (Phi) is 5.20. The van der Waals surface area contributed by atoms with Gasteiger partial charge in [0.25, 0.3) is 5.89 Å². The molecule has 1 saturated heterocycles. The van der Waals surface area contributed by atoms with E-state index in [9.17, 15) is 0 Å². The topological polar surface area (TPSA) is 78.6 Å². The Labute approximate surface area is 157 Å². The highest BCUT2D eigenvalue weighted by Crippen LogP contribution is 2.27. The fourth-order valence-electron chi connectivity index (χ4n) is 2.85. The summed E-state index contributed by atoms with van der Waals surface area (Å²) < 4.78 is 21.9. The lowest BCUT2D eigenvalue weighted by atomic mass is 10.2. The van der Waals surface area contributed by atoms with E-state index in [2.05, 4.69) is 15.5 Å². The number of nitrogens with one attached hydrogen (secondary N) is 1. The molecule has 7 nitrogen and oxygen atoms in total. The predicted octanol–water partition coefficient (Wildman–Crippen LogP) is 3.53. The monoisotopic (exact) mass is 367 g/mol. The maximum absolute atomic E-state index is 6.03. The van der Waals surface area contributed by atoms with Crippen LogP contribution in [-0.4, -0.2) is 36.6 Å². The number of methoxy groups -OCH3 is 1. The van der Waals surface area contributed by atoms with Gasteiger partial charge in [-0.15, -0.1) is 0 Å². The molecule has 0 aliphatic carbocycles. The number of nitrogens with zero attached hydrogens (tertiary/aromatic N) is 2. The van der Waals surface area contributed by atoms with Crippen LogP contribution in [0.1, 0.15) is 12.2 Å². The van der Waals surface area contributed by atoms with E-state index in [4.69, 9.17) is 18.7 Å². The van der Waals surface area contributed by atoms with Crippen molar-refractivity contribution in [3.63, 3.8) is 0 Å². The number of rotatable bonds is 7. The molecule has 2 heterocycles. The summed E-state index contributed by atoms with van der Waals surface area (Å²) in [7, 11) is 1.63. The van der Waals surface area contributed by atoms with Gasteiger partial charge < -0.3 is 24.1 Å². The molecule has 1 atom stereocenters. The first kappa shape index (κ1) is 17.4. The summed E-state index contributed by atoms with van der Waals surface area (Å²) in [5, 5.41) is 7.36. The van der Waals surface area contributed by atoms with Crippen LogP contribution >= 0.6 is 0 Å². The minimum atomic E-state index is 0.0970. The normalized spacial score (nSPS) is 16.3. The Hall–Kier alpha value is -3.06. The second-order valence-electron chi connectivity index (χ2n) is 6.20. The van der Waals surface area contributed by atoms with Crippen LogP contribution in [0.3, 0.4) is 0 Å². The highest BCUT2D eigenvalue weighted by atomic mass is 16.5. The molecule has 1 aliphatic rings. The SMILES string of the molecule is COc1ccc(-c2nc(CNc3ccccc3OC3CCOC3)no2)cc1. The number of para-hydroxylation sites is 2. The van der Waals surface area contributed by atoms with Gasteiger partial charge in [0.15, 0.2) is 5.82 Å². The smallest absolute Gasteiger partial charge is 0.257 e. The van der Waals surface area contributed by atoms with Crippen LogP contribution < -0.4 is 14.8 Å². The Bertz CT molecular complexity index is 873. The van der Waals surface area contributed by atoms with Gasteiger partial charge in [0.2, 0.25) is 0 Å². The van der Waals surface area contributed by atoms with Crippen molar-refractivity contribution in [2.45, 2.75) is 19.1 Å². The van der Waals surface area contributed by atoms with E-state index in [-0.39, 0.29) is 6.10 Å². The molecule has 0 spiro atoms. The Morgan fingerprint density at radius 3 is 2.78 bits per heavy atom. The van der Waals surface area contributed by atoms with Crippen LogP contribution in [0.15, 0.2) is 53.1 Å². The van der Waals surface area contributed by atoms with Gasteiger partial charge in [0, 0.05) is 12.0 Å². The largest absolute Gasteiger partial charge is 0.497 e. The molecule has 4 rings (SSSR count). The summed E-state index contributed by atoms with van der Waals surface area (Å²) in [6, 6.07) is 15.3. The number of anilines is 1. The van der Waals surface area contributed by atoms with Gasteiger partial charge in [-0.3, -0.25) is 0 Å². The summed E-state index contributed by atoms with van der Waals surface area (Å²) in [5.74, 6) is 2.62. The average molecular weight is 367 g/mol. The maximum Gasteiger partial charge on any atom is 0.257 e. The minimum Gasteiger partial charge on any atom is -0.497 e. The summed E-state index contributed by atoms with van der Waals surface area (Å²) in [6.45, 7) is 1.81. The van der Waals surface area contributed by atoms with E-state index >= 15 is 0 Å². The zero-order chi connectivity index (χ0) is 18.5. The summed E-state index contributed by atoms with van der Waals surface area (Å²) in [4.78, 5) is 4.44. The van der Waals surface area contributed by atoms with Crippen molar-refractivity contribution in [1.29, 1.82) is 0 Å². The molecule has 2 aromatic carbocycles. The van der Waals surface area contributed by atoms with Crippen LogP contribution in [0.4, 0.5) is 5.69 Å². The zero-order valence-electron chi connectivity index (χ0n) is 15.1. The van der Waals surface area contributed by atoms with Crippen LogP contribution in [0.5, 0.6) is 11.5 Å². The second kappa shape index (κ2) is 8.09. The minimum absolute atomic E-state index is 0.0970. The Morgan fingerprint density at radius 1 is 1.15 bits per heavy atom. The van der Waals surface area contributed by atoms with Crippen molar-refractivity contribution in [3.05, 3.63) is 54.4 Å². The second-order valence-corrected chi connectivity index (χ2v) is 6.20. The van der Waals surface area contributed by atoms with E-state index in [1.54, 1.807) is 7.11 Å². The maximum atomic E-state index is 6.03. The molecule has 7 heteroatoms. The van der Waals surface area contributed by atoms with E-state index < -0.39 is 0 Å². The average Bonchev–Trinajstić information content (AvgIpc) is 3.39. The summed E-state index contributed by atoms with van der Waals surface area (Å²) in [5.41, 5.74) is 1.74. The molecule has 1 aromatic heterocycles. The Morgan fingerprint density at radius 2 is 2.00 bits per heavy atom. The molecule has 1 fully saturated rings. The first-order valence-corrected chi connectivity index (χ1v) is 8.86. The van der Waals surface area contributed by atoms with Crippen molar-refractivity contribution in [1.82, 2.24) is 10.1 Å². The van der Waals surface area contributed by atoms with Crippen LogP contribution in [0.2, 0.25) is 0 Å². The van der Waals surface area contributed by atoms with Gasteiger partial charge in [0.05, 0.1) is 32.6 Å². The molecule has 0 saturated carbocycles. The fraction of sp³-hybridized carbons (Fsp3) is 0.300. The molecular weight excluding hydrogens is 346 g/mol. The van der Waals surface area contributed by atoms with Gasteiger partial charge >= 0.3 is 0 Å². The third kappa shape index (κ3) is 4.20. The number of benzene rings is 2. The van der Waals surface area contributed by atoms with E-state index in [0.717, 1.165) is 35.8 Å². The third-order valence-corrected chi connectivity index (χ3v) is 4.31. The summed E-state index contributed by atoms with van der Waals surface area (Å²) in [6.07, 6.45) is 1.00. The molecule has 0 amide bonds. The van der Waals surface area contributed by atoms with Crippen molar-refractivity contribution < 1.29 is 18.7 Å². The lowest BCUT2D eigenvalue weighted by Gasteiger charge is -2.15. The zero-order valence-corrected chi connectivity index (χ0v) is 15.1. The molecule has 140 valence electrons. The molecule has 1 aliphatic heterocycles. The van der Waals surface area contributed by atoms with Crippen LogP contribution in [0, 0.1) is 0 Å². The van der Waals surface area contributed by atoms with Crippen molar-refractivity contribution in [3.8, 4) is 23.0 Å². The highest BCUT2D eigenvalue weighted by Gasteiger charge is 2.18. The van der Waals surface area contributed by atoms with Crippen molar-refractivity contribution in [2.75, 3.05) is 25.6 Å². The molecule has 0 radical (unpaired) electrons. The first-order chi connectivity index (χ1) is 13.3. The molecule has 1 unspecified atom stereocenters. The Balaban J connectivity index is 1.41. The fourth-order valence-corrected chi connectivity index (χ4v) is 2.85. The number of aromatic nitrogens is 2. The highest BCUT2D eigenvalue weighted by molar-refractivity contribution is 5.57. The first-order valence-electron chi connectivity index (χ1n) is 8.86. The van der Waals surface area contributed by atoms with Crippen molar-refractivity contribution in [2.24, 2.45) is 0 Å².